The van der Waals surface area contributed by atoms with Crippen LogP contribution in [-0.4, -0.2) is 10.4 Å². The predicted octanol–water partition coefficient (Wildman–Crippen LogP) is 4.70. The molecule has 0 amide bonds. The summed E-state index contributed by atoms with van der Waals surface area (Å²) < 4.78 is 5.37. The molecule has 0 spiro atoms. The van der Waals surface area contributed by atoms with Gasteiger partial charge in [0.1, 0.15) is 5.69 Å². The summed E-state index contributed by atoms with van der Waals surface area (Å²) in [6, 6.07) is 18.3. The molecule has 0 radical (unpaired) electrons. The van der Waals surface area contributed by atoms with Gasteiger partial charge >= 0.3 is 0 Å². The first kappa shape index (κ1) is 13.6. The minimum absolute atomic E-state index is 0.0973. The first-order valence-electron chi connectivity index (χ1n) is 7.04. The molecule has 3 aromatic rings. The normalized spacial score (nSPS) is 11.6. The first-order chi connectivity index (χ1) is 10.1. The maximum Gasteiger partial charge on any atom is 0.195 e. The summed E-state index contributed by atoms with van der Waals surface area (Å²) in [5, 5.41) is 7.91. The molecule has 0 aliphatic rings. The molecule has 0 N–H and O–H groups in total. The summed E-state index contributed by atoms with van der Waals surface area (Å²) in [6.07, 6.45) is 0. The van der Waals surface area contributed by atoms with E-state index in [1.807, 2.05) is 36.4 Å². The van der Waals surface area contributed by atoms with Gasteiger partial charge in [-0.15, -0.1) is 5.10 Å². The second-order valence-corrected chi connectivity index (χ2v) is 6.15. The van der Waals surface area contributed by atoms with Gasteiger partial charge in [-0.25, -0.2) is 0 Å². The molecule has 1 heterocycles. The van der Waals surface area contributed by atoms with Crippen LogP contribution in [0.15, 0.2) is 59.1 Å². The summed E-state index contributed by atoms with van der Waals surface area (Å²) in [7, 11) is 0. The Morgan fingerprint density at radius 2 is 1.57 bits per heavy atom. The molecule has 0 atom stereocenters. The van der Waals surface area contributed by atoms with E-state index in [2.05, 4.69) is 49.3 Å². The first-order valence-corrected chi connectivity index (χ1v) is 7.04. The lowest BCUT2D eigenvalue weighted by Crippen LogP contribution is -2.10. The molecule has 0 fully saturated rings. The Hall–Kier alpha value is -2.42. The Balaban J connectivity index is 2.09. The minimum Gasteiger partial charge on any atom is -0.336 e. The number of rotatable bonds is 2. The largest absolute Gasteiger partial charge is 0.336 e. The van der Waals surface area contributed by atoms with Crippen molar-refractivity contribution in [3.8, 4) is 22.6 Å². The smallest absolute Gasteiger partial charge is 0.195 e. The molecule has 2 aromatic carbocycles. The highest BCUT2D eigenvalue weighted by molar-refractivity contribution is 5.76. The standard InChI is InChI=1S/C18H18N2O/c1-18(2,3)15-11-7-10-14(12-15)16-17(21-20-19-16)13-8-5-4-6-9-13/h4-12H,1-3H3. The molecule has 106 valence electrons. The summed E-state index contributed by atoms with van der Waals surface area (Å²) in [4.78, 5) is 0. The van der Waals surface area contributed by atoms with Crippen LogP contribution in [0.5, 0.6) is 0 Å². The zero-order valence-electron chi connectivity index (χ0n) is 12.5. The van der Waals surface area contributed by atoms with Gasteiger partial charge in [0, 0.05) is 16.4 Å². The zero-order valence-corrected chi connectivity index (χ0v) is 12.5. The molecular weight excluding hydrogens is 260 g/mol. The third-order valence-corrected chi connectivity index (χ3v) is 3.53. The third kappa shape index (κ3) is 2.72. The summed E-state index contributed by atoms with van der Waals surface area (Å²) in [5.41, 5.74) is 4.16. The Labute approximate surface area is 124 Å². The van der Waals surface area contributed by atoms with Gasteiger partial charge in [0.05, 0.1) is 0 Å². The molecule has 3 rings (SSSR count). The molecule has 0 saturated heterocycles. The highest BCUT2D eigenvalue weighted by Crippen LogP contribution is 2.32. The molecule has 1 aromatic heterocycles. The monoisotopic (exact) mass is 278 g/mol. The fourth-order valence-electron chi connectivity index (χ4n) is 2.29. The third-order valence-electron chi connectivity index (χ3n) is 3.53. The van der Waals surface area contributed by atoms with Crippen molar-refractivity contribution in [2.45, 2.75) is 26.2 Å². The predicted molar refractivity (Wildman–Crippen MR) is 83.9 cm³/mol. The van der Waals surface area contributed by atoms with Gasteiger partial charge in [-0.1, -0.05) is 69.3 Å². The molecule has 0 saturated carbocycles. The average Bonchev–Trinajstić information content (AvgIpc) is 2.97. The van der Waals surface area contributed by atoms with Crippen molar-refractivity contribution in [3.63, 3.8) is 0 Å². The molecule has 0 bridgehead atoms. The van der Waals surface area contributed by atoms with E-state index in [1.165, 1.54) is 5.56 Å². The van der Waals surface area contributed by atoms with Crippen molar-refractivity contribution in [2.24, 2.45) is 0 Å². The van der Waals surface area contributed by atoms with Crippen molar-refractivity contribution < 1.29 is 4.52 Å². The Bertz CT molecular complexity index is 739. The highest BCUT2D eigenvalue weighted by atomic mass is 16.5. The molecular formula is C18H18N2O. The van der Waals surface area contributed by atoms with Crippen molar-refractivity contribution in [3.05, 3.63) is 60.2 Å². The van der Waals surface area contributed by atoms with Crippen LogP contribution in [0.4, 0.5) is 0 Å². The van der Waals surface area contributed by atoms with Crippen molar-refractivity contribution in [1.82, 2.24) is 10.4 Å². The van der Waals surface area contributed by atoms with Crippen molar-refractivity contribution in [2.75, 3.05) is 0 Å². The number of aromatic nitrogens is 2. The van der Waals surface area contributed by atoms with Gasteiger partial charge < -0.3 is 4.52 Å². The van der Waals surface area contributed by atoms with E-state index in [9.17, 15) is 0 Å². The second kappa shape index (κ2) is 5.17. The van der Waals surface area contributed by atoms with Gasteiger partial charge in [-0.05, 0) is 17.0 Å². The maximum atomic E-state index is 5.37. The zero-order chi connectivity index (χ0) is 14.9. The topological polar surface area (TPSA) is 38.9 Å². The van der Waals surface area contributed by atoms with E-state index in [4.69, 9.17) is 4.52 Å². The van der Waals surface area contributed by atoms with E-state index in [-0.39, 0.29) is 5.41 Å². The van der Waals surface area contributed by atoms with Crippen LogP contribution in [0.3, 0.4) is 0 Å². The van der Waals surface area contributed by atoms with Crippen LogP contribution in [-0.2, 0) is 5.41 Å². The van der Waals surface area contributed by atoms with E-state index in [0.717, 1.165) is 16.8 Å². The molecule has 0 aliphatic heterocycles. The van der Waals surface area contributed by atoms with Crippen LogP contribution in [0.25, 0.3) is 22.6 Å². The van der Waals surface area contributed by atoms with Crippen LogP contribution >= 0.6 is 0 Å². The summed E-state index contributed by atoms with van der Waals surface area (Å²) >= 11 is 0. The van der Waals surface area contributed by atoms with Crippen molar-refractivity contribution in [1.29, 1.82) is 0 Å². The van der Waals surface area contributed by atoms with Crippen LogP contribution in [0.2, 0.25) is 0 Å². The van der Waals surface area contributed by atoms with Crippen LogP contribution < -0.4 is 0 Å². The van der Waals surface area contributed by atoms with E-state index >= 15 is 0 Å². The van der Waals surface area contributed by atoms with Gasteiger partial charge in [-0.3, -0.25) is 0 Å². The lowest BCUT2D eigenvalue weighted by Gasteiger charge is -2.19. The fraction of sp³-hybridized carbons (Fsp3) is 0.222. The second-order valence-electron chi connectivity index (χ2n) is 6.15. The van der Waals surface area contributed by atoms with Gasteiger partial charge in [0.2, 0.25) is 0 Å². The minimum atomic E-state index is 0.0973. The Morgan fingerprint density at radius 3 is 2.29 bits per heavy atom. The number of benzene rings is 2. The molecule has 0 unspecified atom stereocenters. The van der Waals surface area contributed by atoms with Gasteiger partial charge in [-0.2, -0.15) is 0 Å². The fourth-order valence-corrected chi connectivity index (χ4v) is 2.29. The van der Waals surface area contributed by atoms with Gasteiger partial charge in [0.15, 0.2) is 5.76 Å². The molecule has 3 nitrogen and oxygen atoms in total. The van der Waals surface area contributed by atoms with E-state index in [0.29, 0.717) is 5.76 Å². The average molecular weight is 278 g/mol. The van der Waals surface area contributed by atoms with Crippen LogP contribution in [0, 0.1) is 0 Å². The van der Waals surface area contributed by atoms with Crippen LogP contribution in [0.1, 0.15) is 26.3 Å². The highest BCUT2D eigenvalue weighted by Gasteiger charge is 2.18. The number of nitrogens with zero attached hydrogens (tertiary/aromatic N) is 2. The quantitative estimate of drug-likeness (QED) is 0.682. The lowest BCUT2D eigenvalue weighted by atomic mass is 9.86. The van der Waals surface area contributed by atoms with E-state index in [1.54, 1.807) is 0 Å². The Kier molecular flexibility index (Phi) is 3.34. The summed E-state index contributed by atoms with van der Waals surface area (Å²) in [5.74, 6) is 0.710. The molecule has 21 heavy (non-hydrogen) atoms. The van der Waals surface area contributed by atoms with Crippen molar-refractivity contribution >= 4 is 0 Å². The molecule has 3 heteroatoms. The lowest BCUT2D eigenvalue weighted by molar-refractivity contribution is 0.403. The number of hydrogen-bond acceptors (Lipinski definition) is 3. The maximum absolute atomic E-state index is 5.37. The number of hydrogen-bond donors (Lipinski definition) is 0. The van der Waals surface area contributed by atoms with Gasteiger partial charge in [0.25, 0.3) is 0 Å². The van der Waals surface area contributed by atoms with E-state index < -0.39 is 0 Å². The molecule has 0 aliphatic carbocycles. The SMILES string of the molecule is CC(C)(C)c1cccc(-c2nnoc2-c2ccccc2)c1. The Morgan fingerprint density at radius 1 is 0.857 bits per heavy atom. The summed E-state index contributed by atoms with van der Waals surface area (Å²) in [6.45, 7) is 6.60.